The van der Waals surface area contributed by atoms with E-state index >= 15 is 0 Å². The molecule has 0 saturated carbocycles. The molecule has 1 N–H and O–H groups in total. The highest BCUT2D eigenvalue weighted by molar-refractivity contribution is 8.02. The molecule has 6 heteroatoms. The summed E-state index contributed by atoms with van der Waals surface area (Å²) in [4.78, 5) is 5.76. The van der Waals surface area contributed by atoms with Crippen LogP contribution in [0.1, 0.15) is 5.56 Å². The molecule has 2 aromatic carbocycles. The first kappa shape index (κ1) is 16.4. The summed E-state index contributed by atoms with van der Waals surface area (Å²) in [5, 5.41) is 8.83. The second-order valence-electron chi connectivity index (χ2n) is 4.98. The fraction of sp³-hybridized carbons (Fsp3) is 0.176. The molecule has 118 valence electrons. The number of aromatic amines is 1. The predicted octanol–water partition coefficient (Wildman–Crippen LogP) is 5.32. The van der Waals surface area contributed by atoms with Crippen LogP contribution in [-0.4, -0.2) is 26.7 Å². The minimum absolute atomic E-state index is 0.771. The van der Waals surface area contributed by atoms with Crippen LogP contribution in [0.25, 0.3) is 11.4 Å². The highest BCUT2D eigenvalue weighted by atomic mass is 35.5. The lowest BCUT2D eigenvalue weighted by Crippen LogP contribution is -1.85. The molecule has 0 saturated heterocycles. The fourth-order valence-corrected chi connectivity index (χ4v) is 3.78. The Balaban J connectivity index is 1.49. The number of H-pyrrole nitrogens is 1. The molecule has 0 radical (unpaired) electrons. The van der Waals surface area contributed by atoms with Crippen molar-refractivity contribution in [3.63, 3.8) is 0 Å². The van der Waals surface area contributed by atoms with Gasteiger partial charge in [0.2, 0.25) is 5.16 Å². The van der Waals surface area contributed by atoms with E-state index in [0.717, 1.165) is 33.1 Å². The van der Waals surface area contributed by atoms with E-state index in [2.05, 4.69) is 46.4 Å². The second-order valence-corrected chi connectivity index (χ2v) is 7.65. The molecule has 0 aliphatic carbocycles. The third kappa shape index (κ3) is 4.77. The number of benzene rings is 2. The first-order valence-corrected chi connectivity index (χ1v) is 9.56. The molecule has 0 aliphatic rings. The third-order valence-corrected chi connectivity index (χ3v) is 5.56. The van der Waals surface area contributed by atoms with Gasteiger partial charge in [-0.15, -0.1) is 16.9 Å². The van der Waals surface area contributed by atoms with E-state index in [1.165, 1.54) is 10.5 Å². The van der Waals surface area contributed by atoms with Crippen LogP contribution in [0.2, 0.25) is 5.02 Å². The number of aromatic nitrogens is 3. The molecular weight excluding hydrogens is 346 g/mol. The Kier molecular flexibility index (Phi) is 5.65. The van der Waals surface area contributed by atoms with Gasteiger partial charge < -0.3 is 0 Å². The van der Waals surface area contributed by atoms with Gasteiger partial charge in [-0.2, -0.15) is 0 Å². The molecule has 0 bridgehead atoms. The Labute approximate surface area is 149 Å². The van der Waals surface area contributed by atoms with Crippen LogP contribution in [0.3, 0.4) is 0 Å². The van der Waals surface area contributed by atoms with Gasteiger partial charge in [-0.1, -0.05) is 53.2 Å². The largest absolute Gasteiger partial charge is 0.258 e. The van der Waals surface area contributed by atoms with Crippen molar-refractivity contribution in [2.75, 3.05) is 11.5 Å². The van der Waals surface area contributed by atoms with E-state index in [4.69, 9.17) is 11.6 Å². The standard InChI is InChI=1S/C17H16ClN3S2/c1-12-2-4-13(5-3-12)16-19-17(21-20-16)23-11-10-22-15-8-6-14(18)7-9-15/h2-9H,10-11H2,1H3,(H,19,20,21). The van der Waals surface area contributed by atoms with Crippen LogP contribution in [0.15, 0.2) is 58.6 Å². The smallest absolute Gasteiger partial charge is 0.208 e. The summed E-state index contributed by atoms with van der Waals surface area (Å²) in [6, 6.07) is 16.2. The van der Waals surface area contributed by atoms with Crippen molar-refractivity contribution in [2.24, 2.45) is 0 Å². The number of nitrogens with zero attached hydrogens (tertiary/aromatic N) is 2. The maximum absolute atomic E-state index is 5.88. The zero-order valence-electron chi connectivity index (χ0n) is 12.6. The zero-order valence-corrected chi connectivity index (χ0v) is 15.0. The molecule has 1 heterocycles. The highest BCUT2D eigenvalue weighted by Crippen LogP contribution is 2.24. The molecule has 3 rings (SSSR count). The number of nitrogens with one attached hydrogen (secondary N) is 1. The number of halogens is 1. The van der Waals surface area contributed by atoms with E-state index in [0.29, 0.717) is 0 Å². The molecule has 3 nitrogen and oxygen atoms in total. The lowest BCUT2D eigenvalue weighted by atomic mass is 10.1. The van der Waals surface area contributed by atoms with Crippen LogP contribution < -0.4 is 0 Å². The van der Waals surface area contributed by atoms with Gasteiger partial charge >= 0.3 is 0 Å². The zero-order chi connectivity index (χ0) is 16.1. The Morgan fingerprint density at radius 3 is 2.39 bits per heavy atom. The third-order valence-electron chi connectivity index (χ3n) is 3.19. The average molecular weight is 362 g/mol. The predicted molar refractivity (Wildman–Crippen MR) is 99.5 cm³/mol. The van der Waals surface area contributed by atoms with Crippen LogP contribution >= 0.6 is 35.1 Å². The number of rotatable bonds is 6. The molecule has 0 fully saturated rings. The molecule has 0 atom stereocenters. The molecule has 0 aliphatic heterocycles. The Hall–Kier alpha value is -1.43. The Morgan fingerprint density at radius 2 is 1.65 bits per heavy atom. The average Bonchev–Trinajstić information content (AvgIpc) is 3.03. The number of hydrogen-bond acceptors (Lipinski definition) is 4. The summed E-state index contributed by atoms with van der Waals surface area (Å²) < 4.78 is 0. The molecular formula is C17H16ClN3S2. The molecule has 1 aromatic heterocycles. The minimum Gasteiger partial charge on any atom is -0.258 e. The van der Waals surface area contributed by atoms with Crippen LogP contribution in [0.4, 0.5) is 0 Å². The van der Waals surface area contributed by atoms with Crippen LogP contribution in [0, 0.1) is 6.92 Å². The van der Waals surface area contributed by atoms with Gasteiger partial charge in [0.05, 0.1) is 0 Å². The summed E-state index contributed by atoms with van der Waals surface area (Å²) in [6.07, 6.45) is 0. The van der Waals surface area contributed by atoms with Gasteiger partial charge in [0.15, 0.2) is 5.82 Å². The van der Waals surface area contributed by atoms with Gasteiger partial charge in [0.25, 0.3) is 0 Å². The second kappa shape index (κ2) is 7.90. The minimum atomic E-state index is 0.771. The van der Waals surface area contributed by atoms with Crippen molar-refractivity contribution >= 4 is 35.1 Å². The molecule has 3 aromatic rings. The maximum atomic E-state index is 5.88. The van der Waals surface area contributed by atoms with Crippen molar-refractivity contribution in [2.45, 2.75) is 17.0 Å². The molecule has 0 spiro atoms. The van der Waals surface area contributed by atoms with E-state index in [-0.39, 0.29) is 0 Å². The van der Waals surface area contributed by atoms with Crippen LogP contribution in [-0.2, 0) is 0 Å². The van der Waals surface area contributed by atoms with E-state index in [1.54, 1.807) is 11.8 Å². The van der Waals surface area contributed by atoms with E-state index in [1.807, 2.05) is 36.0 Å². The quantitative estimate of drug-likeness (QED) is 0.476. The van der Waals surface area contributed by atoms with Gasteiger partial charge in [0, 0.05) is 27.0 Å². The molecule has 23 heavy (non-hydrogen) atoms. The number of thioether (sulfide) groups is 2. The normalized spacial score (nSPS) is 10.9. The van der Waals surface area contributed by atoms with Crippen molar-refractivity contribution in [1.82, 2.24) is 15.2 Å². The maximum Gasteiger partial charge on any atom is 0.208 e. The first-order chi connectivity index (χ1) is 11.2. The number of aryl methyl sites for hydroxylation is 1. The SMILES string of the molecule is Cc1ccc(-c2nc(SCCSc3ccc(Cl)cc3)n[nH]2)cc1. The monoisotopic (exact) mass is 361 g/mol. The van der Waals surface area contributed by atoms with Crippen molar-refractivity contribution in [1.29, 1.82) is 0 Å². The number of hydrogen-bond donors (Lipinski definition) is 1. The van der Waals surface area contributed by atoms with E-state index < -0.39 is 0 Å². The van der Waals surface area contributed by atoms with Crippen LogP contribution in [0.5, 0.6) is 0 Å². The Morgan fingerprint density at radius 1 is 0.957 bits per heavy atom. The summed E-state index contributed by atoms with van der Waals surface area (Å²) in [5.41, 5.74) is 2.30. The topological polar surface area (TPSA) is 41.6 Å². The summed E-state index contributed by atoms with van der Waals surface area (Å²) in [7, 11) is 0. The van der Waals surface area contributed by atoms with Crippen molar-refractivity contribution < 1.29 is 0 Å². The van der Waals surface area contributed by atoms with Gasteiger partial charge in [-0.05, 0) is 31.2 Å². The summed E-state index contributed by atoms with van der Waals surface area (Å²) >= 11 is 9.35. The molecule has 0 amide bonds. The summed E-state index contributed by atoms with van der Waals surface area (Å²) in [6.45, 7) is 2.07. The van der Waals surface area contributed by atoms with Gasteiger partial charge in [0.1, 0.15) is 0 Å². The van der Waals surface area contributed by atoms with Crippen molar-refractivity contribution in [3.8, 4) is 11.4 Å². The van der Waals surface area contributed by atoms with Gasteiger partial charge in [-0.25, -0.2) is 4.98 Å². The van der Waals surface area contributed by atoms with Crippen molar-refractivity contribution in [3.05, 3.63) is 59.1 Å². The first-order valence-electron chi connectivity index (χ1n) is 7.21. The lowest BCUT2D eigenvalue weighted by molar-refractivity contribution is 0.974. The highest BCUT2D eigenvalue weighted by Gasteiger charge is 2.06. The lowest BCUT2D eigenvalue weighted by Gasteiger charge is -2.00. The fourth-order valence-electron chi connectivity index (χ4n) is 1.97. The van der Waals surface area contributed by atoms with Gasteiger partial charge in [-0.3, -0.25) is 5.10 Å². The molecule has 0 unspecified atom stereocenters. The Bertz CT molecular complexity index is 754. The van der Waals surface area contributed by atoms with E-state index in [9.17, 15) is 0 Å². The summed E-state index contributed by atoms with van der Waals surface area (Å²) in [5.74, 6) is 2.77.